The molecule has 1 aliphatic rings. The lowest BCUT2D eigenvalue weighted by atomic mass is 10.2. The molecular formula is C12H13BrN4O2S. The van der Waals surface area contributed by atoms with Gasteiger partial charge in [0.15, 0.2) is 5.13 Å². The molecule has 1 atom stereocenters. The van der Waals surface area contributed by atoms with Gasteiger partial charge in [-0.15, -0.1) is 0 Å². The van der Waals surface area contributed by atoms with Gasteiger partial charge in [-0.1, -0.05) is 11.3 Å². The standard InChI is InChI=1S/C12H13BrN4O2S/c13-8-4-15-16(6-8)7-9-5-14-12(20-9)17-3-1-2-10(17)11(18)19/h4-6,10H,1-3,7H2,(H,18,19)/t10-/m1/s1. The highest BCUT2D eigenvalue weighted by Gasteiger charge is 2.32. The first kappa shape index (κ1) is 13.6. The van der Waals surface area contributed by atoms with E-state index in [0.717, 1.165) is 27.4 Å². The second-order valence-electron chi connectivity index (χ2n) is 4.65. The number of carbonyl (C=O) groups is 1. The summed E-state index contributed by atoms with van der Waals surface area (Å²) in [4.78, 5) is 18.5. The molecule has 3 heterocycles. The fourth-order valence-corrected chi connectivity index (χ4v) is 3.65. The molecule has 0 spiro atoms. The maximum Gasteiger partial charge on any atom is 0.326 e. The Hall–Kier alpha value is -1.41. The highest BCUT2D eigenvalue weighted by molar-refractivity contribution is 9.10. The van der Waals surface area contributed by atoms with Crippen molar-refractivity contribution < 1.29 is 9.90 Å². The average Bonchev–Trinajstić information content (AvgIpc) is 3.09. The lowest BCUT2D eigenvalue weighted by molar-refractivity contribution is -0.138. The number of halogens is 1. The van der Waals surface area contributed by atoms with E-state index in [1.54, 1.807) is 12.4 Å². The topological polar surface area (TPSA) is 71.2 Å². The van der Waals surface area contributed by atoms with Crippen molar-refractivity contribution in [2.24, 2.45) is 0 Å². The molecule has 6 nitrogen and oxygen atoms in total. The van der Waals surface area contributed by atoms with Crippen molar-refractivity contribution in [1.82, 2.24) is 14.8 Å². The minimum Gasteiger partial charge on any atom is -0.480 e. The largest absolute Gasteiger partial charge is 0.480 e. The third-order valence-electron chi connectivity index (χ3n) is 3.24. The maximum atomic E-state index is 11.2. The van der Waals surface area contributed by atoms with E-state index in [4.69, 9.17) is 0 Å². The summed E-state index contributed by atoms with van der Waals surface area (Å²) in [5, 5.41) is 14.2. The van der Waals surface area contributed by atoms with Crippen molar-refractivity contribution in [1.29, 1.82) is 0 Å². The van der Waals surface area contributed by atoms with Crippen molar-refractivity contribution >= 4 is 38.4 Å². The van der Waals surface area contributed by atoms with Crippen molar-refractivity contribution in [2.75, 3.05) is 11.4 Å². The number of anilines is 1. The Morgan fingerprint density at radius 2 is 2.40 bits per heavy atom. The van der Waals surface area contributed by atoms with Crippen LogP contribution in [0.5, 0.6) is 0 Å². The van der Waals surface area contributed by atoms with Gasteiger partial charge in [-0.25, -0.2) is 9.78 Å². The van der Waals surface area contributed by atoms with Crippen molar-refractivity contribution in [2.45, 2.75) is 25.4 Å². The summed E-state index contributed by atoms with van der Waals surface area (Å²) in [6.07, 6.45) is 7.03. The molecule has 106 valence electrons. The van der Waals surface area contributed by atoms with E-state index in [1.165, 1.54) is 11.3 Å². The number of rotatable bonds is 4. The molecule has 20 heavy (non-hydrogen) atoms. The van der Waals surface area contributed by atoms with Gasteiger partial charge in [0.05, 0.1) is 17.2 Å². The first-order valence-electron chi connectivity index (χ1n) is 6.25. The molecule has 8 heteroatoms. The first-order chi connectivity index (χ1) is 9.63. The minimum absolute atomic E-state index is 0.437. The quantitative estimate of drug-likeness (QED) is 0.909. The Balaban J connectivity index is 1.75. The smallest absolute Gasteiger partial charge is 0.326 e. The van der Waals surface area contributed by atoms with Crippen LogP contribution in [-0.4, -0.2) is 38.4 Å². The normalized spacial score (nSPS) is 18.6. The minimum atomic E-state index is -0.768. The van der Waals surface area contributed by atoms with Crippen LogP contribution in [0.25, 0.3) is 0 Å². The Morgan fingerprint density at radius 3 is 3.10 bits per heavy atom. The van der Waals surface area contributed by atoms with Crippen LogP contribution in [0, 0.1) is 0 Å². The fraction of sp³-hybridized carbons (Fsp3) is 0.417. The lowest BCUT2D eigenvalue weighted by Crippen LogP contribution is -2.35. The highest BCUT2D eigenvalue weighted by atomic mass is 79.9. The molecule has 3 rings (SSSR count). The summed E-state index contributed by atoms with van der Waals surface area (Å²) in [6, 6.07) is -0.437. The van der Waals surface area contributed by atoms with Crippen LogP contribution in [0.4, 0.5) is 5.13 Å². The summed E-state index contributed by atoms with van der Waals surface area (Å²) in [5.41, 5.74) is 0. The highest BCUT2D eigenvalue weighted by Crippen LogP contribution is 2.30. The molecule has 0 unspecified atom stereocenters. The van der Waals surface area contributed by atoms with Gasteiger partial charge in [0.2, 0.25) is 0 Å². The average molecular weight is 357 g/mol. The predicted octanol–water partition coefficient (Wildman–Crippen LogP) is 2.20. The number of nitrogens with zero attached hydrogens (tertiary/aromatic N) is 4. The number of thiazole rings is 1. The number of carboxylic acid groups (broad SMARTS) is 1. The van der Waals surface area contributed by atoms with Crippen LogP contribution in [0.1, 0.15) is 17.7 Å². The molecule has 0 aromatic carbocycles. The summed E-state index contributed by atoms with van der Waals surface area (Å²) in [7, 11) is 0. The zero-order valence-electron chi connectivity index (χ0n) is 10.6. The zero-order valence-corrected chi connectivity index (χ0v) is 13.0. The lowest BCUT2D eigenvalue weighted by Gasteiger charge is -2.19. The second kappa shape index (κ2) is 5.53. The third kappa shape index (κ3) is 2.71. The van der Waals surface area contributed by atoms with Crippen LogP contribution in [0.15, 0.2) is 23.1 Å². The van der Waals surface area contributed by atoms with Gasteiger partial charge in [0.25, 0.3) is 0 Å². The Labute approximate surface area is 128 Å². The SMILES string of the molecule is O=C(O)[C@H]1CCCN1c1ncc(Cn2cc(Br)cn2)s1. The maximum absolute atomic E-state index is 11.2. The van der Waals surface area contributed by atoms with E-state index in [1.807, 2.05) is 15.8 Å². The van der Waals surface area contributed by atoms with Crippen LogP contribution in [0.2, 0.25) is 0 Å². The van der Waals surface area contributed by atoms with Gasteiger partial charge in [-0.2, -0.15) is 5.10 Å². The molecule has 0 aliphatic carbocycles. The summed E-state index contributed by atoms with van der Waals surface area (Å²) >= 11 is 4.89. The second-order valence-corrected chi connectivity index (χ2v) is 6.66. The van der Waals surface area contributed by atoms with Crippen LogP contribution >= 0.6 is 27.3 Å². The van der Waals surface area contributed by atoms with E-state index in [-0.39, 0.29) is 0 Å². The van der Waals surface area contributed by atoms with Gasteiger partial charge >= 0.3 is 5.97 Å². The van der Waals surface area contributed by atoms with Gasteiger partial charge in [0.1, 0.15) is 6.04 Å². The molecule has 0 bridgehead atoms. The van der Waals surface area contributed by atoms with Crippen molar-refractivity contribution in [3.05, 3.63) is 27.9 Å². The molecule has 1 N–H and O–H groups in total. The number of aromatic nitrogens is 3. The molecule has 1 aliphatic heterocycles. The number of hydrogen-bond donors (Lipinski definition) is 1. The molecule has 1 fully saturated rings. The van der Waals surface area contributed by atoms with Crippen molar-refractivity contribution in [3.8, 4) is 0 Å². The first-order valence-corrected chi connectivity index (χ1v) is 7.86. The molecule has 0 radical (unpaired) electrons. The van der Waals surface area contributed by atoms with Gasteiger partial charge in [-0.3, -0.25) is 4.68 Å². The van der Waals surface area contributed by atoms with E-state index in [9.17, 15) is 9.90 Å². The number of carboxylic acids is 1. The van der Waals surface area contributed by atoms with E-state index >= 15 is 0 Å². The Morgan fingerprint density at radius 1 is 1.55 bits per heavy atom. The van der Waals surface area contributed by atoms with E-state index in [2.05, 4.69) is 26.0 Å². The van der Waals surface area contributed by atoms with Gasteiger partial charge in [0, 0.05) is 23.8 Å². The molecule has 2 aromatic rings. The predicted molar refractivity (Wildman–Crippen MR) is 79.1 cm³/mol. The third-order valence-corrected chi connectivity index (χ3v) is 4.67. The van der Waals surface area contributed by atoms with Crippen LogP contribution < -0.4 is 4.90 Å². The van der Waals surface area contributed by atoms with Crippen molar-refractivity contribution in [3.63, 3.8) is 0 Å². The zero-order chi connectivity index (χ0) is 14.1. The fourth-order valence-electron chi connectivity index (χ4n) is 2.34. The summed E-state index contributed by atoms with van der Waals surface area (Å²) < 4.78 is 2.76. The molecule has 0 amide bonds. The molecular weight excluding hydrogens is 344 g/mol. The molecule has 1 saturated heterocycles. The monoisotopic (exact) mass is 356 g/mol. The Kier molecular flexibility index (Phi) is 3.75. The van der Waals surface area contributed by atoms with Crippen LogP contribution in [-0.2, 0) is 11.3 Å². The van der Waals surface area contributed by atoms with Crippen LogP contribution in [0.3, 0.4) is 0 Å². The number of aliphatic carboxylic acids is 1. The van der Waals surface area contributed by atoms with Gasteiger partial charge < -0.3 is 10.0 Å². The van der Waals surface area contributed by atoms with Gasteiger partial charge in [-0.05, 0) is 28.8 Å². The van der Waals surface area contributed by atoms with E-state index < -0.39 is 12.0 Å². The Bertz CT molecular complexity index is 627. The molecule has 0 saturated carbocycles. The molecule has 2 aromatic heterocycles. The summed E-state index contributed by atoms with van der Waals surface area (Å²) in [6.45, 7) is 1.41. The number of hydrogen-bond acceptors (Lipinski definition) is 5. The van der Waals surface area contributed by atoms with E-state index in [0.29, 0.717) is 13.0 Å². The summed E-state index contributed by atoms with van der Waals surface area (Å²) in [5.74, 6) is -0.768.